The number of halogens is 1. The molecule has 1 aliphatic carbocycles. The van der Waals surface area contributed by atoms with Crippen LogP contribution in [0.5, 0.6) is 5.75 Å². The lowest BCUT2D eigenvalue weighted by Gasteiger charge is -2.12. The number of nitrogens with zero attached hydrogens (tertiary/aromatic N) is 1. The van der Waals surface area contributed by atoms with Gasteiger partial charge in [-0.1, -0.05) is 30.2 Å². The van der Waals surface area contributed by atoms with Crippen LogP contribution in [-0.2, 0) is 4.79 Å². The van der Waals surface area contributed by atoms with Crippen molar-refractivity contribution in [1.82, 2.24) is 5.43 Å². The molecule has 0 atom stereocenters. The largest absolute Gasteiger partial charge is 0.482 e. The second kappa shape index (κ2) is 7.14. The smallest absolute Gasteiger partial charge is 0.277 e. The Balaban J connectivity index is 1.77. The molecule has 1 aromatic rings. The van der Waals surface area contributed by atoms with E-state index in [2.05, 4.69) is 10.5 Å². The van der Waals surface area contributed by atoms with Crippen LogP contribution in [0.1, 0.15) is 32.1 Å². The van der Waals surface area contributed by atoms with Crippen LogP contribution in [0.4, 0.5) is 0 Å². The van der Waals surface area contributed by atoms with Gasteiger partial charge in [-0.15, -0.1) is 0 Å². The average molecular weight is 281 g/mol. The second-order valence-corrected chi connectivity index (χ2v) is 4.90. The van der Waals surface area contributed by atoms with Gasteiger partial charge in [0, 0.05) is 5.71 Å². The molecule has 0 spiro atoms. The van der Waals surface area contributed by atoms with Crippen molar-refractivity contribution in [2.45, 2.75) is 32.1 Å². The van der Waals surface area contributed by atoms with Crippen LogP contribution >= 0.6 is 11.6 Å². The highest BCUT2D eigenvalue weighted by Gasteiger charge is 2.08. The van der Waals surface area contributed by atoms with Gasteiger partial charge in [-0.2, -0.15) is 5.10 Å². The minimum Gasteiger partial charge on any atom is -0.482 e. The summed E-state index contributed by atoms with van der Waals surface area (Å²) in [4.78, 5) is 11.6. The van der Waals surface area contributed by atoms with Crippen molar-refractivity contribution >= 4 is 23.2 Å². The first-order valence-corrected chi connectivity index (χ1v) is 6.85. The minimum absolute atomic E-state index is 0.0828. The third-order valence-corrected chi connectivity index (χ3v) is 3.28. The molecule has 0 aromatic heterocycles. The first-order valence-electron chi connectivity index (χ1n) is 6.47. The van der Waals surface area contributed by atoms with Crippen molar-refractivity contribution in [1.29, 1.82) is 0 Å². The molecule has 1 N–H and O–H groups in total. The second-order valence-electron chi connectivity index (χ2n) is 4.49. The summed E-state index contributed by atoms with van der Waals surface area (Å²) in [7, 11) is 0. The number of para-hydroxylation sites is 1. The zero-order valence-electron chi connectivity index (χ0n) is 10.7. The summed E-state index contributed by atoms with van der Waals surface area (Å²) in [6.45, 7) is -0.0828. The van der Waals surface area contributed by atoms with Crippen LogP contribution in [0.3, 0.4) is 0 Å². The fourth-order valence-electron chi connectivity index (χ4n) is 1.95. The summed E-state index contributed by atoms with van der Waals surface area (Å²) in [6.07, 6.45) is 5.52. The molecule has 0 heterocycles. The van der Waals surface area contributed by atoms with E-state index in [9.17, 15) is 4.79 Å². The summed E-state index contributed by atoms with van der Waals surface area (Å²) < 4.78 is 5.33. The van der Waals surface area contributed by atoms with Gasteiger partial charge in [0.25, 0.3) is 5.91 Å². The van der Waals surface area contributed by atoms with Gasteiger partial charge < -0.3 is 4.74 Å². The van der Waals surface area contributed by atoms with Gasteiger partial charge in [0.2, 0.25) is 0 Å². The molecule has 1 fully saturated rings. The minimum atomic E-state index is -0.266. The predicted octanol–water partition coefficient (Wildman–Crippen LogP) is 3.16. The van der Waals surface area contributed by atoms with Crippen LogP contribution in [0.15, 0.2) is 29.4 Å². The van der Waals surface area contributed by atoms with E-state index in [1.54, 1.807) is 18.2 Å². The topological polar surface area (TPSA) is 50.7 Å². The highest BCUT2D eigenvalue weighted by Crippen LogP contribution is 2.22. The molecule has 4 nitrogen and oxygen atoms in total. The summed E-state index contributed by atoms with van der Waals surface area (Å²) in [6, 6.07) is 7.06. The SMILES string of the molecule is O=C(COc1ccccc1Cl)NN=C1CCCCC1. The van der Waals surface area contributed by atoms with E-state index in [1.807, 2.05) is 6.07 Å². The Morgan fingerprint density at radius 3 is 2.74 bits per heavy atom. The molecule has 5 heteroatoms. The van der Waals surface area contributed by atoms with E-state index in [1.165, 1.54) is 6.42 Å². The number of hydrogen-bond acceptors (Lipinski definition) is 3. The molecular formula is C14H17ClN2O2. The molecule has 1 aliphatic rings. The molecule has 0 unspecified atom stereocenters. The quantitative estimate of drug-likeness (QED) is 0.862. The van der Waals surface area contributed by atoms with E-state index in [4.69, 9.17) is 16.3 Å². The third kappa shape index (κ3) is 4.56. The normalized spacial score (nSPS) is 14.9. The van der Waals surface area contributed by atoms with Gasteiger partial charge in [0.05, 0.1) is 5.02 Å². The molecule has 1 saturated carbocycles. The lowest BCUT2D eigenvalue weighted by atomic mass is 9.99. The zero-order chi connectivity index (χ0) is 13.5. The molecule has 2 rings (SSSR count). The summed E-state index contributed by atoms with van der Waals surface area (Å²) in [5.74, 6) is 0.239. The van der Waals surface area contributed by atoms with Crippen molar-refractivity contribution < 1.29 is 9.53 Å². The molecule has 0 radical (unpaired) electrons. The monoisotopic (exact) mass is 280 g/mol. The van der Waals surface area contributed by atoms with E-state index >= 15 is 0 Å². The lowest BCUT2D eigenvalue weighted by Crippen LogP contribution is -2.26. The van der Waals surface area contributed by atoms with E-state index in [-0.39, 0.29) is 12.5 Å². The summed E-state index contributed by atoms with van der Waals surface area (Å²) in [5.41, 5.74) is 3.59. The number of hydrogen-bond donors (Lipinski definition) is 1. The highest BCUT2D eigenvalue weighted by molar-refractivity contribution is 6.32. The van der Waals surface area contributed by atoms with Crippen molar-refractivity contribution in [3.63, 3.8) is 0 Å². The molecular weight excluding hydrogens is 264 g/mol. The van der Waals surface area contributed by atoms with Crippen molar-refractivity contribution in [3.05, 3.63) is 29.3 Å². The molecule has 19 heavy (non-hydrogen) atoms. The van der Waals surface area contributed by atoms with Crippen molar-refractivity contribution in [3.8, 4) is 5.75 Å². The Labute approximate surface area is 117 Å². The maximum atomic E-state index is 11.6. The van der Waals surface area contributed by atoms with E-state index in [0.29, 0.717) is 10.8 Å². The molecule has 1 aromatic carbocycles. The maximum Gasteiger partial charge on any atom is 0.277 e. The lowest BCUT2D eigenvalue weighted by molar-refractivity contribution is -0.123. The van der Waals surface area contributed by atoms with Crippen LogP contribution in [-0.4, -0.2) is 18.2 Å². The van der Waals surface area contributed by atoms with E-state index in [0.717, 1.165) is 31.4 Å². The van der Waals surface area contributed by atoms with Gasteiger partial charge in [-0.3, -0.25) is 4.79 Å². The Hall–Kier alpha value is -1.55. The van der Waals surface area contributed by atoms with Crippen molar-refractivity contribution in [2.24, 2.45) is 5.10 Å². The highest BCUT2D eigenvalue weighted by atomic mass is 35.5. The van der Waals surface area contributed by atoms with Gasteiger partial charge in [-0.05, 0) is 37.8 Å². The average Bonchev–Trinajstić information content (AvgIpc) is 2.45. The van der Waals surface area contributed by atoms with Crippen LogP contribution in [0.25, 0.3) is 0 Å². The number of carbonyl (C=O) groups excluding carboxylic acids is 1. The Kier molecular flexibility index (Phi) is 5.21. The Morgan fingerprint density at radius 1 is 1.26 bits per heavy atom. The standard InChI is InChI=1S/C14H17ClN2O2/c15-12-8-4-5-9-13(12)19-10-14(18)17-16-11-6-2-1-3-7-11/h4-5,8-9H,1-3,6-7,10H2,(H,17,18). The van der Waals surface area contributed by atoms with Crippen LogP contribution in [0.2, 0.25) is 5.02 Å². The maximum absolute atomic E-state index is 11.6. The van der Waals surface area contributed by atoms with Gasteiger partial charge in [-0.25, -0.2) is 5.43 Å². The third-order valence-electron chi connectivity index (χ3n) is 2.96. The predicted molar refractivity (Wildman–Crippen MR) is 75.6 cm³/mol. The fraction of sp³-hybridized carbons (Fsp3) is 0.429. The van der Waals surface area contributed by atoms with Crippen LogP contribution in [0, 0.1) is 0 Å². The van der Waals surface area contributed by atoms with E-state index < -0.39 is 0 Å². The van der Waals surface area contributed by atoms with Gasteiger partial charge in [0.1, 0.15) is 5.75 Å². The molecule has 0 saturated heterocycles. The van der Waals surface area contributed by atoms with Gasteiger partial charge in [0.15, 0.2) is 6.61 Å². The summed E-state index contributed by atoms with van der Waals surface area (Å²) >= 11 is 5.92. The van der Waals surface area contributed by atoms with Crippen molar-refractivity contribution in [2.75, 3.05) is 6.61 Å². The Morgan fingerprint density at radius 2 is 2.00 bits per heavy atom. The number of benzene rings is 1. The number of amides is 1. The fourth-order valence-corrected chi connectivity index (χ4v) is 2.14. The number of hydrazone groups is 1. The molecule has 1 amide bonds. The molecule has 0 aliphatic heterocycles. The number of rotatable bonds is 4. The first-order chi connectivity index (χ1) is 9.25. The Bertz CT molecular complexity index is 466. The zero-order valence-corrected chi connectivity index (χ0v) is 11.4. The van der Waals surface area contributed by atoms with Gasteiger partial charge >= 0.3 is 0 Å². The summed E-state index contributed by atoms with van der Waals surface area (Å²) in [5, 5.41) is 4.62. The number of ether oxygens (including phenoxy) is 1. The molecule has 102 valence electrons. The number of carbonyl (C=O) groups is 1. The molecule has 0 bridgehead atoms. The number of nitrogens with one attached hydrogen (secondary N) is 1. The van der Waals surface area contributed by atoms with Crippen LogP contribution < -0.4 is 10.2 Å². The first kappa shape index (κ1) is 13.9.